The molecule has 1 aromatic carbocycles. The van der Waals surface area contributed by atoms with E-state index >= 15 is 0 Å². The molecule has 0 aliphatic carbocycles. The van der Waals surface area contributed by atoms with Gasteiger partial charge in [0.15, 0.2) is 6.29 Å². The molecule has 1 aliphatic rings. The van der Waals surface area contributed by atoms with Crippen molar-refractivity contribution in [2.75, 3.05) is 12.4 Å². The first-order valence-electron chi connectivity index (χ1n) is 10.3. The highest BCUT2D eigenvalue weighted by Gasteiger charge is 2.27. The lowest BCUT2D eigenvalue weighted by molar-refractivity contribution is -0.0503. The summed E-state index contributed by atoms with van der Waals surface area (Å²) in [4.78, 5) is 19.3. The molecule has 0 radical (unpaired) electrons. The van der Waals surface area contributed by atoms with Crippen LogP contribution in [0.5, 0.6) is 0 Å². The van der Waals surface area contributed by atoms with Gasteiger partial charge in [0, 0.05) is 24.4 Å². The maximum Gasteiger partial charge on any atom is 0.168 e. The number of halogens is 2. The van der Waals surface area contributed by atoms with Crippen LogP contribution < -0.4 is 5.32 Å². The van der Waals surface area contributed by atoms with E-state index in [1.165, 1.54) is 12.1 Å². The van der Waals surface area contributed by atoms with Crippen molar-refractivity contribution in [1.29, 1.82) is 0 Å². The molecule has 1 saturated heterocycles. The minimum absolute atomic E-state index is 0.0527. The smallest absolute Gasteiger partial charge is 0.168 e. The van der Waals surface area contributed by atoms with Crippen LogP contribution in [-0.2, 0) is 11.2 Å². The third-order valence-electron chi connectivity index (χ3n) is 5.59. The molecule has 5 nitrogen and oxygen atoms in total. The van der Waals surface area contributed by atoms with Gasteiger partial charge in [-0.3, -0.25) is 9.78 Å². The van der Waals surface area contributed by atoms with Gasteiger partial charge < -0.3 is 10.1 Å². The SMILES string of the molecule is CNc1cnccc1C1CCC[C@@H](Cc2cccc(F)c2-c2nc(C=O)ccc2F)O1. The van der Waals surface area contributed by atoms with Crippen LogP contribution in [0.1, 0.15) is 47.0 Å². The van der Waals surface area contributed by atoms with Crippen molar-refractivity contribution in [2.45, 2.75) is 37.9 Å². The zero-order chi connectivity index (χ0) is 21.8. The Morgan fingerprint density at radius 3 is 2.84 bits per heavy atom. The Balaban J connectivity index is 1.63. The van der Waals surface area contributed by atoms with Gasteiger partial charge in [-0.15, -0.1) is 0 Å². The molecule has 0 spiro atoms. The number of nitrogens with zero attached hydrogens (tertiary/aromatic N) is 2. The second-order valence-corrected chi connectivity index (χ2v) is 7.55. The van der Waals surface area contributed by atoms with Crippen LogP contribution in [0.25, 0.3) is 11.3 Å². The number of anilines is 1. The number of benzene rings is 1. The number of hydrogen-bond donors (Lipinski definition) is 1. The molecule has 0 bridgehead atoms. The average Bonchev–Trinajstić information content (AvgIpc) is 2.80. The van der Waals surface area contributed by atoms with E-state index in [9.17, 15) is 13.6 Å². The van der Waals surface area contributed by atoms with Crippen molar-refractivity contribution in [2.24, 2.45) is 0 Å². The van der Waals surface area contributed by atoms with Gasteiger partial charge in [0.25, 0.3) is 0 Å². The second kappa shape index (κ2) is 9.31. The van der Waals surface area contributed by atoms with Gasteiger partial charge in [0.1, 0.15) is 23.0 Å². The quantitative estimate of drug-likeness (QED) is 0.557. The first-order valence-corrected chi connectivity index (χ1v) is 10.3. The van der Waals surface area contributed by atoms with E-state index in [1.54, 1.807) is 24.5 Å². The van der Waals surface area contributed by atoms with E-state index in [0.29, 0.717) is 18.3 Å². The summed E-state index contributed by atoms with van der Waals surface area (Å²) >= 11 is 0. The van der Waals surface area contributed by atoms with Crippen LogP contribution in [0.2, 0.25) is 0 Å². The van der Waals surface area contributed by atoms with Crippen LogP contribution in [0.4, 0.5) is 14.5 Å². The van der Waals surface area contributed by atoms with Gasteiger partial charge in [-0.1, -0.05) is 12.1 Å². The summed E-state index contributed by atoms with van der Waals surface area (Å²) in [6.45, 7) is 0. The van der Waals surface area contributed by atoms with Crippen molar-refractivity contribution < 1.29 is 18.3 Å². The number of ether oxygens (including phenoxy) is 1. The zero-order valence-corrected chi connectivity index (χ0v) is 17.1. The molecule has 1 unspecified atom stereocenters. The summed E-state index contributed by atoms with van der Waals surface area (Å²) in [7, 11) is 1.84. The number of pyridine rings is 2. The molecule has 4 rings (SSSR count). The lowest BCUT2D eigenvalue weighted by Gasteiger charge is -2.32. The molecule has 0 amide bonds. The van der Waals surface area contributed by atoms with Gasteiger partial charge in [-0.2, -0.15) is 0 Å². The molecule has 7 heteroatoms. The minimum atomic E-state index is -0.671. The van der Waals surface area contributed by atoms with Crippen molar-refractivity contribution >= 4 is 12.0 Å². The predicted octanol–water partition coefficient (Wildman–Crippen LogP) is 5.13. The van der Waals surface area contributed by atoms with Crippen molar-refractivity contribution in [3.63, 3.8) is 0 Å². The number of hydrogen-bond acceptors (Lipinski definition) is 5. The lowest BCUT2D eigenvalue weighted by Crippen LogP contribution is -2.25. The number of carbonyl (C=O) groups excluding carboxylic acids is 1. The fourth-order valence-electron chi connectivity index (χ4n) is 4.12. The Bertz CT molecular complexity index is 1090. The van der Waals surface area contributed by atoms with E-state index < -0.39 is 11.6 Å². The highest BCUT2D eigenvalue weighted by Crippen LogP contribution is 2.37. The maximum atomic E-state index is 14.8. The summed E-state index contributed by atoms with van der Waals surface area (Å²) < 4.78 is 35.7. The maximum absolute atomic E-state index is 14.8. The van der Waals surface area contributed by atoms with E-state index in [2.05, 4.69) is 15.3 Å². The topological polar surface area (TPSA) is 64.1 Å². The van der Waals surface area contributed by atoms with Gasteiger partial charge in [0.2, 0.25) is 0 Å². The largest absolute Gasteiger partial charge is 0.387 e. The van der Waals surface area contributed by atoms with Crippen LogP contribution in [0, 0.1) is 11.6 Å². The molecule has 3 aromatic rings. The standard InChI is InChI=1S/C24H23F2N3O2/c1-27-21-13-28-11-10-18(21)22-7-3-5-17(31-22)12-15-4-2-6-19(25)23(15)24-20(26)9-8-16(14-30)29-24/h2,4,6,8-11,13-14,17,22,27H,3,5,7,12H2,1H3/t17-,22?/m0/s1. The second-order valence-electron chi connectivity index (χ2n) is 7.55. The van der Waals surface area contributed by atoms with Crippen molar-refractivity contribution in [3.05, 3.63) is 77.2 Å². The lowest BCUT2D eigenvalue weighted by atomic mass is 9.92. The third kappa shape index (κ3) is 4.46. The monoisotopic (exact) mass is 423 g/mol. The van der Waals surface area contributed by atoms with Crippen LogP contribution in [0.3, 0.4) is 0 Å². The molecule has 3 heterocycles. The highest BCUT2D eigenvalue weighted by atomic mass is 19.1. The molecular weight excluding hydrogens is 400 g/mol. The summed E-state index contributed by atoms with van der Waals surface area (Å²) in [5.41, 5.74) is 2.52. The number of nitrogens with one attached hydrogen (secondary N) is 1. The van der Waals surface area contributed by atoms with E-state index in [1.807, 2.05) is 13.1 Å². The number of aldehydes is 1. The summed E-state index contributed by atoms with van der Waals surface area (Å²) in [5.74, 6) is -1.25. The molecular formula is C24H23F2N3O2. The number of carbonyl (C=O) groups is 1. The summed E-state index contributed by atoms with van der Waals surface area (Å²) in [5, 5.41) is 3.14. The molecule has 2 aromatic heterocycles. The van der Waals surface area contributed by atoms with Gasteiger partial charge in [0.05, 0.1) is 24.1 Å². The van der Waals surface area contributed by atoms with Crippen molar-refractivity contribution in [1.82, 2.24) is 9.97 Å². The number of rotatable bonds is 6. The Hall–Kier alpha value is -3.19. The van der Waals surface area contributed by atoms with Crippen LogP contribution in [-0.4, -0.2) is 29.4 Å². The molecule has 1 aliphatic heterocycles. The van der Waals surface area contributed by atoms with Gasteiger partial charge in [-0.05, 0) is 55.5 Å². The third-order valence-corrected chi connectivity index (χ3v) is 5.59. The van der Waals surface area contributed by atoms with E-state index in [-0.39, 0.29) is 29.2 Å². The summed E-state index contributed by atoms with van der Waals surface area (Å²) in [6.07, 6.45) is 6.83. The van der Waals surface area contributed by atoms with Gasteiger partial charge in [-0.25, -0.2) is 13.8 Å². The van der Waals surface area contributed by atoms with E-state index in [0.717, 1.165) is 36.6 Å². The fraction of sp³-hybridized carbons (Fsp3) is 0.292. The van der Waals surface area contributed by atoms with Crippen molar-refractivity contribution in [3.8, 4) is 11.3 Å². The van der Waals surface area contributed by atoms with E-state index in [4.69, 9.17) is 4.74 Å². The molecule has 31 heavy (non-hydrogen) atoms. The molecule has 1 fully saturated rings. The molecule has 0 saturated carbocycles. The number of aromatic nitrogens is 2. The Labute approximate surface area is 179 Å². The molecule has 160 valence electrons. The highest BCUT2D eigenvalue weighted by molar-refractivity contribution is 5.75. The zero-order valence-electron chi connectivity index (χ0n) is 17.1. The normalized spacial score (nSPS) is 18.5. The molecule has 2 atom stereocenters. The molecule has 1 N–H and O–H groups in total. The van der Waals surface area contributed by atoms with Crippen LogP contribution >= 0.6 is 0 Å². The van der Waals surface area contributed by atoms with Gasteiger partial charge >= 0.3 is 0 Å². The predicted molar refractivity (Wildman–Crippen MR) is 114 cm³/mol. The minimum Gasteiger partial charge on any atom is -0.387 e. The average molecular weight is 423 g/mol. The first kappa shape index (κ1) is 21.1. The van der Waals surface area contributed by atoms with Crippen LogP contribution in [0.15, 0.2) is 48.8 Å². The Morgan fingerprint density at radius 2 is 2.03 bits per heavy atom. The first-order chi connectivity index (χ1) is 15.1. The fourth-order valence-corrected chi connectivity index (χ4v) is 4.12. The summed E-state index contributed by atoms with van der Waals surface area (Å²) in [6, 6.07) is 8.97. The Morgan fingerprint density at radius 1 is 1.16 bits per heavy atom. The Kier molecular flexibility index (Phi) is 6.32.